The number of rotatable bonds is 6. The third-order valence-electron chi connectivity index (χ3n) is 4.01. The van der Waals surface area contributed by atoms with Crippen molar-refractivity contribution in [3.63, 3.8) is 0 Å². The molecule has 0 radical (unpaired) electrons. The number of benzene rings is 1. The van der Waals surface area contributed by atoms with E-state index in [2.05, 4.69) is 6.58 Å². The van der Waals surface area contributed by atoms with Gasteiger partial charge >= 0.3 is 0 Å². The van der Waals surface area contributed by atoms with E-state index in [0.717, 1.165) is 11.4 Å². The molecular formula is C20H20N2O3. The Labute approximate surface area is 147 Å². The van der Waals surface area contributed by atoms with E-state index in [1.54, 1.807) is 24.3 Å². The molecule has 1 aromatic heterocycles. The predicted octanol–water partition coefficient (Wildman–Crippen LogP) is 3.80. The number of nitrogens with zero attached hydrogens (tertiary/aromatic N) is 2. The first-order chi connectivity index (χ1) is 11.9. The molecule has 0 saturated carbocycles. The van der Waals surface area contributed by atoms with Crippen LogP contribution >= 0.6 is 0 Å². The highest BCUT2D eigenvalue weighted by Crippen LogP contribution is 2.28. The van der Waals surface area contributed by atoms with Crippen LogP contribution in [0.2, 0.25) is 0 Å². The van der Waals surface area contributed by atoms with Crippen LogP contribution in [0.4, 0.5) is 0 Å². The molecule has 1 N–H and O–H groups in total. The summed E-state index contributed by atoms with van der Waals surface area (Å²) in [6.07, 6.45) is 3.25. The number of aryl methyl sites for hydroxylation is 1. The Morgan fingerprint density at radius 3 is 2.72 bits per heavy atom. The van der Waals surface area contributed by atoms with Crippen LogP contribution in [-0.4, -0.2) is 22.6 Å². The van der Waals surface area contributed by atoms with E-state index in [0.29, 0.717) is 17.7 Å². The number of Topliss-reactive ketones (excluding diaryl/α,β-unsaturated/α-hetero) is 1. The first kappa shape index (κ1) is 18.1. The van der Waals surface area contributed by atoms with Gasteiger partial charge in [-0.15, -0.1) is 6.58 Å². The van der Waals surface area contributed by atoms with Gasteiger partial charge in [0.1, 0.15) is 11.6 Å². The van der Waals surface area contributed by atoms with Gasteiger partial charge in [-0.3, -0.25) is 4.79 Å². The summed E-state index contributed by atoms with van der Waals surface area (Å²) in [5, 5.41) is 19.1. The third-order valence-corrected chi connectivity index (χ3v) is 4.01. The van der Waals surface area contributed by atoms with Gasteiger partial charge in [0.15, 0.2) is 11.5 Å². The van der Waals surface area contributed by atoms with Crippen molar-refractivity contribution in [2.24, 2.45) is 0 Å². The van der Waals surface area contributed by atoms with E-state index in [1.165, 1.54) is 19.3 Å². The molecule has 0 spiro atoms. The maximum atomic E-state index is 12.8. The molecule has 2 aromatic rings. The van der Waals surface area contributed by atoms with Crippen molar-refractivity contribution >= 4 is 11.9 Å². The lowest BCUT2D eigenvalue weighted by Gasteiger charge is -2.06. The highest BCUT2D eigenvalue weighted by molar-refractivity contribution is 6.14. The fourth-order valence-corrected chi connectivity index (χ4v) is 2.69. The smallest absolute Gasteiger partial charge is 0.205 e. The molecule has 1 heterocycles. The van der Waals surface area contributed by atoms with Gasteiger partial charge in [0.25, 0.3) is 0 Å². The number of methoxy groups -OCH3 is 1. The Morgan fingerprint density at radius 2 is 2.12 bits per heavy atom. The normalized spacial score (nSPS) is 11.0. The van der Waals surface area contributed by atoms with Crippen LogP contribution in [0.5, 0.6) is 11.5 Å². The quantitative estimate of drug-likeness (QED) is 0.377. The number of phenols is 1. The number of carbonyl (C=O) groups is 1. The van der Waals surface area contributed by atoms with Crippen LogP contribution in [0.3, 0.4) is 0 Å². The molecule has 1 aromatic carbocycles. The number of hydrogen-bond donors (Lipinski definition) is 1. The summed E-state index contributed by atoms with van der Waals surface area (Å²) in [6.45, 7) is 8.08. The first-order valence-corrected chi connectivity index (χ1v) is 7.74. The molecule has 0 aliphatic carbocycles. The Kier molecular flexibility index (Phi) is 5.45. The highest BCUT2D eigenvalue weighted by atomic mass is 16.5. The fraction of sp³-hybridized carbons (Fsp3) is 0.200. The minimum Gasteiger partial charge on any atom is -0.504 e. The lowest BCUT2D eigenvalue weighted by atomic mass is 10.0. The summed E-state index contributed by atoms with van der Waals surface area (Å²) in [5.74, 6) is -0.0574. The molecule has 0 fully saturated rings. The number of nitriles is 1. The Hall–Kier alpha value is -3.26. The highest BCUT2D eigenvalue weighted by Gasteiger charge is 2.19. The van der Waals surface area contributed by atoms with Crippen molar-refractivity contribution in [3.05, 3.63) is 65.0 Å². The molecule has 0 unspecified atom stereocenters. The number of ketones is 1. The average Bonchev–Trinajstić information content (AvgIpc) is 2.89. The molecule has 2 rings (SSSR count). The monoisotopic (exact) mass is 336 g/mol. The minimum absolute atomic E-state index is 0.00236. The maximum absolute atomic E-state index is 12.8. The summed E-state index contributed by atoms with van der Waals surface area (Å²) in [7, 11) is 1.44. The summed E-state index contributed by atoms with van der Waals surface area (Å²) in [4.78, 5) is 12.8. The molecule has 0 saturated heterocycles. The molecule has 0 aliphatic heterocycles. The lowest BCUT2D eigenvalue weighted by Crippen LogP contribution is -2.05. The second-order valence-electron chi connectivity index (χ2n) is 5.61. The molecule has 0 atom stereocenters. The van der Waals surface area contributed by atoms with Crippen LogP contribution in [0.1, 0.15) is 27.3 Å². The Bertz CT molecular complexity index is 898. The first-order valence-electron chi connectivity index (χ1n) is 7.74. The Morgan fingerprint density at radius 1 is 1.40 bits per heavy atom. The van der Waals surface area contributed by atoms with Crippen molar-refractivity contribution in [1.29, 1.82) is 5.26 Å². The zero-order valence-electron chi connectivity index (χ0n) is 14.5. The fourth-order valence-electron chi connectivity index (χ4n) is 2.69. The van der Waals surface area contributed by atoms with Crippen molar-refractivity contribution < 1.29 is 14.6 Å². The maximum Gasteiger partial charge on any atom is 0.205 e. The number of carbonyl (C=O) groups excluding carboxylic acids is 1. The zero-order chi connectivity index (χ0) is 18.6. The van der Waals surface area contributed by atoms with Crippen LogP contribution < -0.4 is 4.74 Å². The second kappa shape index (κ2) is 7.54. The number of aromatic nitrogens is 1. The van der Waals surface area contributed by atoms with Gasteiger partial charge in [-0.1, -0.05) is 12.1 Å². The van der Waals surface area contributed by atoms with Crippen molar-refractivity contribution in [2.75, 3.05) is 7.11 Å². The predicted molar refractivity (Wildman–Crippen MR) is 96.7 cm³/mol. The van der Waals surface area contributed by atoms with Crippen LogP contribution in [0.25, 0.3) is 6.08 Å². The van der Waals surface area contributed by atoms with Gasteiger partial charge in [-0.2, -0.15) is 5.26 Å². The molecule has 0 aliphatic rings. The van der Waals surface area contributed by atoms with Crippen molar-refractivity contribution in [3.8, 4) is 17.6 Å². The van der Waals surface area contributed by atoms with Crippen LogP contribution in [0, 0.1) is 25.2 Å². The largest absolute Gasteiger partial charge is 0.504 e. The van der Waals surface area contributed by atoms with E-state index in [4.69, 9.17) is 4.74 Å². The standard InChI is InChI=1S/C20H20N2O3/c1-5-8-22-13(2)9-17(14(22)3)20(24)16(12-21)10-15-6-7-18(23)19(11-15)25-4/h5-7,9-11,23H,1,8H2,2-4H3/b16-10+. The summed E-state index contributed by atoms with van der Waals surface area (Å²) in [5.41, 5.74) is 2.85. The number of ether oxygens (including phenoxy) is 1. The summed E-state index contributed by atoms with van der Waals surface area (Å²) in [6, 6.07) is 8.39. The number of hydrogen-bond acceptors (Lipinski definition) is 4. The number of allylic oxidation sites excluding steroid dienone is 2. The Balaban J connectivity index is 2.45. The second-order valence-corrected chi connectivity index (χ2v) is 5.61. The van der Waals surface area contributed by atoms with Crippen molar-refractivity contribution in [2.45, 2.75) is 20.4 Å². The van der Waals surface area contributed by atoms with E-state index in [9.17, 15) is 15.2 Å². The van der Waals surface area contributed by atoms with Gasteiger partial charge in [0, 0.05) is 23.5 Å². The SMILES string of the molecule is C=CCn1c(C)cc(C(=O)/C(C#N)=C/c2ccc(O)c(OC)c2)c1C. The molecular weight excluding hydrogens is 316 g/mol. The molecule has 0 bridgehead atoms. The van der Waals surface area contributed by atoms with Gasteiger partial charge in [0.05, 0.1) is 7.11 Å². The van der Waals surface area contributed by atoms with Gasteiger partial charge in [0.2, 0.25) is 5.78 Å². The number of phenolic OH excluding ortho intramolecular Hbond substituents is 1. The molecule has 5 nitrogen and oxygen atoms in total. The molecule has 0 amide bonds. The van der Waals surface area contributed by atoms with E-state index >= 15 is 0 Å². The van der Waals surface area contributed by atoms with Gasteiger partial charge in [-0.25, -0.2) is 0 Å². The van der Waals surface area contributed by atoms with Gasteiger partial charge < -0.3 is 14.4 Å². The average molecular weight is 336 g/mol. The minimum atomic E-state index is -0.335. The molecule has 5 heteroatoms. The lowest BCUT2D eigenvalue weighted by molar-refractivity contribution is 0.103. The van der Waals surface area contributed by atoms with Gasteiger partial charge in [-0.05, 0) is 43.7 Å². The molecule has 25 heavy (non-hydrogen) atoms. The number of aromatic hydroxyl groups is 1. The summed E-state index contributed by atoms with van der Waals surface area (Å²) >= 11 is 0. The van der Waals surface area contributed by atoms with Crippen LogP contribution in [-0.2, 0) is 6.54 Å². The van der Waals surface area contributed by atoms with Crippen molar-refractivity contribution in [1.82, 2.24) is 4.57 Å². The van der Waals surface area contributed by atoms with E-state index < -0.39 is 0 Å². The summed E-state index contributed by atoms with van der Waals surface area (Å²) < 4.78 is 7.02. The topological polar surface area (TPSA) is 75.2 Å². The third kappa shape index (κ3) is 3.64. The van der Waals surface area contributed by atoms with E-state index in [1.807, 2.05) is 24.5 Å². The zero-order valence-corrected chi connectivity index (χ0v) is 14.5. The van der Waals surface area contributed by atoms with E-state index in [-0.39, 0.29) is 22.9 Å². The molecule has 128 valence electrons. The van der Waals surface area contributed by atoms with Crippen LogP contribution in [0.15, 0.2) is 42.5 Å².